The fraction of sp³-hybridized carbons (Fsp3) is 0.154. The summed E-state index contributed by atoms with van der Waals surface area (Å²) in [5, 5.41) is 16.5. The third-order valence-electron chi connectivity index (χ3n) is 5.05. The van der Waals surface area contributed by atoms with Crippen LogP contribution in [-0.2, 0) is 9.53 Å². The van der Waals surface area contributed by atoms with Crippen LogP contribution in [-0.4, -0.2) is 39.5 Å². The van der Waals surface area contributed by atoms with Gasteiger partial charge in [0.15, 0.2) is 12.4 Å². The van der Waals surface area contributed by atoms with Crippen molar-refractivity contribution in [2.45, 2.75) is 20.0 Å². The lowest BCUT2D eigenvalue weighted by atomic mass is 10.2. The first-order valence-corrected chi connectivity index (χ1v) is 12.0. The smallest absolute Gasteiger partial charge is 0.344 e. The van der Waals surface area contributed by atoms with E-state index in [4.69, 9.17) is 9.47 Å². The summed E-state index contributed by atoms with van der Waals surface area (Å²) in [5.74, 6) is -0.464. The first kappa shape index (κ1) is 25.7. The van der Waals surface area contributed by atoms with Gasteiger partial charge in [-0.2, -0.15) is 9.78 Å². The van der Waals surface area contributed by atoms with E-state index < -0.39 is 23.1 Å². The standard InChI is InChI=1S/C26H21BrN4O6/c1-16(2)37-23(32)15-36-24-20(27)12-17(13-22(24)31(34)35)14-28-30-25(18-8-4-3-5-9-18)29-21-11-7-6-10-19(21)26(30)33/h3-14,16H,15H2,1-2H3. The Kier molecular flexibility index (Phi) is 7.73. The summed E-state index contributed by atoms with van der Waals surface area (Å²) in [6.07, 6.45) is 0.973. The van der Waals surface area contributed by atoms with E-state index in [-0.39, 0.29) is 22.0 Å². The first-order valence-electron chi connectivity index (χ1n) is 11.2. The minimum absolute atomic E-state index is 0.127. The first-order chi connectivity index (χ1) is 17.7. The number of halogens is 1. The lowest BCUT2D eigenvalue weighted by Crippen LogP contribution is -2.20. The molecule has 0 aliphatic carbocycles. The Morgan fingerprint density at radius 3 is 2.57 bits per heavy atom. The lowest BCUT2D eigenvalue weighted by molar-refractivity contribution is -0.385. The van der Waals surface area contributed by atoms with E-state index >= 15 is 0 Å². The molecule has 0 radical (unpaired) electrons. The average molecular weight is 565 g/mol. The highest BCUT2D eigenvalue weighted by Gasteiger charge is 2.22. The Bertz CT molecular complexity index is 1570. The van der Waals surface area contributed by atoms with Crippen LogP contribution >= 0.6 is 15.9 Å². The number of fused-ring (bicyclic) bond motifs is 1. The fourth-order valence-electron chi connectivity index (χ4n) is 3.51. The normalized spacial score (nSPS) is 11.2. The zero-order valence-electron chi connectivity index (χ0n) is 19.8. The molecule has 4 rings (SSSR count). The van der Waals surface area contributed by atoms with Crippen LogP contribution in [0.2, 0.25) is 0 Å². The van der Waals surface area contributed by atoms with E-state index in [1.807, 2.05) is 18.2 Å². The molecule has 0 aliphatic rings. The molecule has 37 heavy (non-hydrogen) atoms. The molecule has 1 aromatic heterocycles. The second kappa shape index (κ2) is 11.1. The van der Waals surface area contributed by atoms with Gasteiger partial charge in [0.1, 0.15) is 0 Å². The van der Waals surface area contributed by atoms with Crippen LogP contribution in [0, 0.1) is 10.1 Å². The van der Waals surface area contributed by atoms with Gasteiger partial charge in [-0.3, -0.25) is 14.9 Å². The number of nitro benzene ring substituents is 1. The van der Waals surface area contributed by atoms with Crippen molar-refractivity contribution in [3.8, 4) is 17.1 Å². The maximum absolute atomic E-state index is 13.3. The molecule has 0 bridgehead atoms. The van der Waals surface area contributed by atoms with Crippen molar-refractivity contribution in [3.05, 3.63) is 97.2 Å². The molecule has 4 aromatic rings. The number of carbonyl (C=O) groups is 1. The number of ether oxygens (including phenoxy) is 2. The second-order valence-electron chi connectivity index (χ2n) is 8.12. The van der Waals surface area contributed by atoms with Gasteiger partial charge in [0.05, 0.1) is 32.6 Å². The minimum Gasteiger partial charge on any atom is -0.474 e. The summed E-state index contributed by atoms with van der Waals surface area (Å²) in [6, 6.07) is 18.8. The number of aromatic nitrogens is 2. The zero-order valence-corrected chi connectivity index (χ0v) is 21.4. The van der Waals surface area contributed by atoms with Gasteiger partial charge in [-0.1, -0.05) is 42.5 Å². The molecule has 0 unspecified atom stereocenters. The highest BCUT2D eigenvalue weighted by Crippen LogP contribution is 2.36. The van der Waals surface area contributed by atoms with Gasteiger partial charge >= 0.3 is 11.7 Å². The monoisotopic (exact) mass is 564 g/mol. The second-order valence-corrected chi connectivity index (χ2v) is 8.97. The van der Waals surface area contributed by atoms with Crippen LogP contribution in [0.3, 0.4) is 0 Å². The Balaban J connectivity index is 1.75. The molecule has 10 nitrogen and oxygen atoms in total. The third-order valence-corrected chi connectivity index (χ3v) is 5.64. The van der Waals surface area contributed by atoms with Crippen LogP contribution in [0.1, 0.15) is 19.4 Å². The molecule has 1 heterocycles. The van der Waals surface area contributed by atoms with Crippen LogP contribution < -0.4 is 10.3 Å². The minimum atomic E-state index is -0.654. The number of esters is 1. The topological polar surface area (TPSA) is 126 Å². The van der Waals surface area contributed by atoms with Crippen LogP contribution in [0.15, 0.2) is 81.1 Å². The van der Waals surface area contributed by atoms with Crippen molar-refractivity contribution in [2.24, 2.45) is 5.10 Å². The molecule has 188 valence electrons. The highest BCUT2D eigenvalue weighted by atomic mass is 79.9. The van der Waals surface area contributed by atoms with E-state index in [0.29, 0.717) is 27.9 Å². The molecular weight excluding hydrogens is 544 g/mol. The molecule has 11 heteroatoms. The van der Waals surface area contributed by atoms with Crippen LogP contribution in [0.4, 0.5) is 5.69 Å². The van der Waals surface area contributed by atoms with Crippen LogP contribution in [0.5, 0.6) is 5.75 Å². The highest BCUT2D eigenvalue weighted by molar-refractivity contribution is 9.10. The van der Waals surface area contributed by atoms with Gasteiger partial charge in [0, 0.05) is 17.2 Å². The number of para-hydroxylation sites is 1. The predicted octanol–water partition coefficient (Wildman–Crippen LogP) is 4.95. The molecular formula is C26H21BrN4O6. The van der Waals surface area contributed by atoms with Crippen molar-refractivity contribution >= 4 is 44.7 Å². The fourth-order valence-corrected chi connectivity index (χ4v) is 4.09. The maximum atomic E-state index is 13.3. The summed E-state index contributed by atoms with van der Waals surface area (Å²) in [6.45, 7) is 2.87. The molecule has 3 aromatic carbocycles. The Morgan fingerprint density at radius 2 is 1.86 bits per heavy atom. The predicted molar refractivity (Wildman–Crippen MR) is 142 cm³/mol. The van der Waals surface area contributed by atoms with Gasteiger partial charge in [0.25, 0.3) is 5.56 Å². The van der Waals surface area contributed by atoms with Crippen LogP contribution in [0.25, 0.3) is 22.3 Å². The number of benzene rings is 3. The van der Waals surface area contributed by atoms with E-state index in [9.17, 15) is 19.7 Å². The molecule has 0 saturated heterocycles. The number of carbonyl (C=O) groups excluding carboxylic acids is 1. The molecule has 0 fully saturated rings. The lowest BCUT2D eigenvalue weighted by Gasteiger charge is -2.11. The van der Waals surface area contributed by atoms with Crippen molar-refractivity contribution in [1.82, 2.24) is 9.66 Å². The Labute approximate surface area is 219 Å². The van der Waals surface area contributed by atoms with Crippen molar-refractivity contribution in [1.29, 1.82) is 0 Å². The van der Waals surface area contributed by atoms with Gasteiger partial charge in [-0.15, -0.1) is 0 Å². The van der Waals surface area contributed by atoms with Crippen molar-refractivity contribution in [3.63, 3.8) is 0 Å². The Morgan fingerprint density at radius 1 is 1.16 bits per heavy atom. The number of hydrogen-bond acceptors (Lipinski definition) is 8. The number of nitro groups is 1. The summed E-state index contributed by atoms with van der Waals surface area (Å²) in [7, 11) is 0. The van der Waals surface area contributed by atoms with Crippen molar-refractivity contribution < 1.29 is 19.2 Å². The third kappa shape index (κ3) is 5.89. The summed E-state index contributed by atoms with van der Waals surface area (Å²) >= 11 is 3.27. The maximum Gasteiger partial charge on any atom is 0.344 e. The quantitative estimate of drug-likeness (QED) is 0.128. The zero-order chi connectivity index (χ0) is 26.5. The SMILES string of the molecule is CC(C)OC(=O)COc1c(Br)cc(C=Nn2c(-c3ccccc3)nc3ccccc3c2=O)cc1[N+](=O)[O-]. The largest absolute Gasteiger partial charge is 0.474 e. The number of rotatable bonds is 8. The van der Waals surface area contributed by atoms with E-state index in [1.54, 1.807) is 50.2 Å². The molecule has 0 aliphatic heterocycles. The van der Waals surface area contributed by atoms with Gasteiger partial charge < -0.3 is 9.47 Å². The van der Waals surface area contributed by atoms with Gasteiger partial charge in [0.2, 0.25) is 5.75 Å². The molecule has 0 saturated carbocycles. The molecule has 0 amide bonds. The van der Waals surface area contributed by atoms with Gasteiger partial charge in [-0.25, -0.2) is 9.78 Å². The van der Waals surface area contributed by atoms with E-state index in [2.05, 4.69) is 26.0 Å². The molecule has 0 spiro atoms. The van der Waals surface area contributed by atoms with E-state index in [0.717, 1.165) is 4.68 Å². The summed E-state index contributed by atoms with van der Waals surface area (Å²) in [5.41, 5.74) is 0.730. The molecule has 0 N–H and O–H groups in total. The average Bonchev–Trinajstić information content (AvgIpc) is 2.87. The number of nitrogens with zero attached hydrogens (tertiary/aromatic N) is 4. The summed E-state index contributed by atoms with van der Waals surface area (Å²) < 4.78 is 11.8. The van der Waals surface area contributed by atoms with Crippen molar-refractivity contribution in [2.75, 3.05) is 6.61 Å². The van der Waals surface area contributed by atoms with E-state index in [1.165, 1.54) is 18.3 Å². The summed E-state index contributed by atoms with van der Waals surface area (Å²) in [4.78, 5) is 40.9. The molecule has 0 atom stereocenters. The Hall–Kier alpha value is -4.38. The van der Waals surface area contributed by atoms with Gasteiger partial charge in [-0.05, 0) is 48.0 Å². The number of hydrogen-bond donors (Lipinski definition) is 0.